The number of hydrogen-bond donors (Lipinski definition) is 1. The van der Waals surface area contributed by atoms with E-state index in [2.05, 4.69) is 5.32 Å². The fraction of sp³-hybridized carbons (Fsp3) is 0.286. The van der Waals surface area contributed by atoms with Gasteiger partial charge in [0.2, 0.25) is 0 Å². The minimum atomic E-state index is -1.06. The van der Waals surface area contributed by atoms with Crippen LogP contribution in [0.25, 0.3) is 0 Å². The fourth-order valence-corrected chi connectivity index (χ4v) is 2.32. The Morgan fingerprint density at radius 2 is 1.70 bits per heavy atom. The molecule has 142 valence electrons. The number of anilines is 1. The van der Waals surface area contributed by atoms with E-state index in [1.54, 1.807) is 25.1 Å². The van der Waals surface area contributed by atoms with Crippen molar-refractivity contribution in [3.8, 4) is 0 Å². The summed E-state index contributed by atoms with van der Waals surface area (Å²) in [4.78, 5) is 36.0. The van der Waals surface area contributed by atoms with E-state index in [0.29, 0.717) is 11.1 Å². The molecule has 0 aliphatic carbocycles. The molecule has 0 spiro atoms. The molecule has 27 heavy (non-hydrogen) atoms. The maximum absolute atomic E-state index is 13.5. The highest BCUT2D eigenvalue weighted by Crippen LogP contribution is 2.14. The van der Waals surface area contributed by atoms with Gasteiger partial charge in [-0.15, -0.1) is 0 Å². The highest BCUT2D eigenvalue weighted by atomic mass is 19.1. The summed E-state index contributed by atoms with van der Waals surface area (Å²) in [5, 5.41) is 2.49. The van der Waals surface area contributed by atoms with Crippen LogP contribution < -0.4 is 5.32 Å². The first-order valence-electron chi connectivity index (χ1n) is 8.62. The SMILES string of the molecule is Cc1ccc(C(=O)CCC(=O)O[C@H](C)C(=O)Nc2ccc(C)c(F)c2)cc1. The number of rotatable bonds is 7. The molecule has 2 rings (SSSR count). The Morgan fingerprint density at radius 3 is 2.33 bits per heavy atom. The van der Waals surface area contributed by atoms with E-state index in [1.807, 2.05) is 19.1 Å². The molecule has 0 heterocycles. The van der Waals surface area contributed by atoms with E-state index in [0.717, 1.165) is 5.56 Å². The van der Waals surface area contributed by atoms with Crippen molar-refractivity contribution in [3.63, 3.8) is 0 Å². The third-order valence-electron chi connectivity index (χ3n) is 4.05. The van der Waals surface area contributed by atoms with Crippen molar-refractivity contribution in [2.24, 2.45) is 0 Å². The summed E-state index contributed by atoms with van der Waals surface area (Å²) in [7, 11) is 0. The maximum atomic E-state index is 13.5. The van der Waals surface area contributed by atoms with Crippen LogP contribution in [0, 0.1) is 19.7 Å². The second kappa shape index (κ2) is 9.07. The Morgan fingerprint density at radius 1 is 1.04 bits per heavy atom. The van der Waals surface area contributed by atoms with Crippen molar-refractivity contribution in [1.29, 1.82) is 0 Å². The van der Waals surface area contributed by atoms with Crippen molar-refractivity contribution in [2.45, 2.75) is 39.7 Å². The first-order valence-corrected chi connectivity index (χ1v) is 8.62. The van der Waals surface area contributed by atoms with Gasteiger partial charge in [0.05, 0.1) is 6.42 Å². The van der Waals surface area contributed by atoms with E-state index >= 15 is 0 Å². The lowest BCUT2D eigenvalue weighted by atomic mass is 10.1. The maximum Gasteiger partial charge on any atom is 0.307 e. The predicted octanol–water partition coefficient (Wildman–Crippen LogP) is 3.98. The molecule has 1 amide bonds. The number of aryl methyl sites for hydroxylation is 2. The molecule has 2 aromatic rings. The lowest BCUT2D eigenvalue weighted by molar-refractivity contribution is -0.153. The number of Topliss-reactive ketones (excluding diaryl/α,β-unsaturated/α-hetero) is 1. The number of carbonyl (C=O) groups excluding carboxylic acids is 3. The second-order valence-electron chi connectivity index (χ2n) is 6.37. The van der Waals surface area contributed by atoms with Crippen LogP contribution in [0.2, 0.25) is 0 Å². The molecule has 0 aliphatic heterocycles. The Kier molecular flexibility index (Phi) is 6.82. The van der Waals surface area contributed by atoms with Crippen molar-refractivity contribution in [2.75, 3.05) is 5.32 Å². The monoisotopic (exact) mass is 371 g/mol. The predicted molar refractivity (Wildman–Crippen MR) is 100 cm³/mol. The summed E-state index contributed by atoms with van der Waals surface area (Å²) in [5.41, 5.74) is 2.31. The van der Waals surface area contributed by atoms with Crippen LogP contribution >= 0.6 is 0 Å². The van der Waals surface area contributed by atoms with Gasteiger partial charge in [-0.1, -0.05) is 35.9 Å². The van der Waals surface area contributed by atoms with Crippen LogP contribution in [0.1, 0.15) is 41.3 Å². The smallest absolute Gasteiger partial charge is 0.307 e. The average molecular weight is 371 g/mol. The minimum absolute atomic E-state index is 0.000589. The van der Waals surface area contributed by atoms with Gasteiger partial charge in [0.1, 0.15) is 5.82 Å². The van der Waals surface area contributed by atoms with Gasteiger partial charge in [-0.05, 0) is 38.5 Å². The summed E-state index contributed by atoms with van der Waals surface area (Å²) in [6.07, 6.45) is -1.18. The van der Waals surface area contributed by atoms with Crippen molar-refractivity contribution in [3.05, 3.63) is 65.0 Å². The molecule has 2 aromatic carbocycles. The van der Waals surface area contributed by atoms with Crippen LogP contribution in [0.15, 0.2) is 42.5 Å². The van der Waals surface area contributed by atoms with Gasteiger partial charge in [-0.3, -0.25) is 14.4 Å². The van der Waals surface area contributed by atoms with E-state index < -0.39 is 23.8 Å². The molecule has 1 N–H and O–H groups in total. The van der Waals surface area contributed by atoms with Crippen molar-refractivity contribution in [1.82, 2.24) is 0 Å². The van der Waals surface area contributed by atoms with Crippen LogP contribution in [0.5, 0.6) is 0 Å². The summed E-state index contributed by atoms with van der Waals surface area (Å²) >= 11 is 0. The van der Waals surface area contributed by atoms with Crippen LogP contribution in [0.4, 0.5) is 10.1 Å². The first kappa shape index (κ1) is 20.3. The second-order valence-corrected chi connectivity index (χ2v) is 6.37. The Labute approximate surface area is 157 Å². The summed E-state index contributed by atoms with van der Waals surface area (Å²) in [6, 6.07) is 11.4. The zero-order valence-electron chi connectivity index (χ0n) is 15.5. The summed E-state index contributed by atoms with van der Waals surface area (Å²) in [6.45, 7) is 4.95. The molecule has 0 saturated carbocycles. The third-order valence-corrected chi connectivity index (χ3v) is 4.05. The van der Waals surface area contributed by atoms with Crippen LogP contribution in [-0.2, 0) is 14.3 Å². The quantitative estimate of drug-likeness (QED) is 0.590. The number of ether oxygens (including phenoxy) is 1. The molecule has 6 heteroatoms. The topological polar surface area (TPSA) is 72.5 Å². The Balaban J connectivity index is 1.81. The van der Waals surface area contributed by atoms with Gasteiger partial charge in [-0.25, -0.2) is 4.39 Å². The lowest BCUT2D eigenvalue weighted by Crippen LogP contribution is -2.30. The number of carbonyl (C=O) groups is 3. The highest BCUT2D eigenvalue weighted by Gasteiger charge is 2.19. The van der Waals surface area contributed by atoms with Crippen LogP contribution in [0.3, 0.4) is 0 Å². The number of nitrogens with one attached hydrogen (secondary N) is 1. The van der Waals surface area contributed by atoms with Gasteiger partial charge in [0.25, 0.3) is 5.91 Å². The minimum Gasteiger partial charge on any atom is -0.453 e. The zero-order valence-corrected chi connectivity index (χ0v) is 15.5. The largest absolute Gasteiger partial charge is 0.453 e. The lowest BCUT2D eigenvalue weighted by Gasteiger charge is -2.14. The van der Waals surface area contributed by atoms with E-state index in [1.165, 1.54) is 19.1 Å². The number of amides is 1. The molecule has 0 aromatic heterocycles. The van der Waals surface area contributed by atoms with Gasteiger partial charge < -0.3 is 10.1 Å². The number of esters is 1. The van der Waals surface area contributed by atoms with Gasteiger partial charge >= 0.3 is 5.97 Å². The third kappa shape index (κ3) is 6.02. The van der Waals surface area contributed by atoms with E-state index in [4.69, 9.17) is 4.74 Å². The highest BCUT2D eigenvalue weighted by molar-refractivity contribution is 5.98. The van der Waals surface area contributed by atoms with E-state index in [-0.39, 0.29) is 24.3 Å². The molecule has 0 saturated heterocycles. The normalized spacial score (nSPS) is 11.6. The molecule has 0 fully saturated rings. The Bertz CT molecular complexity index is 846. The number of hydrogen-bond acceptors (Lipinski definition) is 4. The molecule has 0 bridgehead atoms. The number of ketones is 1. The molecular weight excluding hydrogens is 349 g/mol. The van der Waals surface area contributed by atoms with E-state index in [9.17, 15) is 18.8 Å². The summed E-state index contributed by atoms with van der Waals surface area (Å²) < 4.78 is 18.6. The summed E-state index contributed by atoms with van der Waals surface area (Å²) in [5.74, 6) is -1.82. The fourth-order valence-electron chi connectivity index (χ4n) is 2.32. The van der Waals surface area contributed by atoms with Gasteiger partial charge in [-0.2, -0.15) is 0 Å². The average Bonchev–Trinajstić information content (AvgIpc) is 2.63. The van der Waals surface area contributed by atoms with Crippen molar-refractivity contribution < 1.29 is 23.5 Å². The molecule has 0 aliphatic rings. The van der Waals surface area contributed by atoms with Gasteiger partial charge in [0.15, 0.2) is 11.9 Å². The van der Waals surface area contributed by atoms with Gasteiger partial charge in [0, 0.05) is 17.7 Å². The molecular formula is C21H22FNO4. The molecule has 0 radical (unpaired) electrons. The number of benzene rings is 2. The Hall–Kier alpha value is -3.02. The molecule has 0 unspecified atom stereocenters. The van der Waals surface area contributed by atoms with Crippen molar-refractivity contribution >= 4 is 23.3 Å². The first-order chi connectivity index (χ1) is 12.8. The number of halogens is 1. The zero-order chi connectivity index (χ0) is 20.0. The molecule has 1 atom stereocenters. The molecule has 5 nitrogen and oxygen atoms in total. The standard InChI is InChI=1S/C21H22FNO4/c1-13-4-7-16(8-5-13)19(24)10-11-20(25)27-15(3)21(26)23-17-9-6-14(2)18(22)12-17/h4-9,12,15H,10-11H2,1-3H3,(H,23,26)/t15-/m1/s1. The van der Waals surface area contributed by atoms with Crippen LogP contribution in [-0.4, -0.2) is 23.8 Å².